The molecule has 2 amide bonds. The van der Waals surface area contributed by atoms with E-state index in [9.17, 15) is 9.59 Å². The second-order valence-electron chi connectivity index (χ2n) is 8.80. The maximum absolute atomic E-state index is 12.9. The lowest BCUT2D eigenvalue weighted by molar-refractivity contribution is -0.128. The zero-order chi connectivity index (χ0) is 24.9. The van der Waals surface area contributed by atoms with Gasteiger partial charge in [-0.3, -0.25) is 9.59 Å². The largest absolute Gasteiger partial charge is 0.361 e. The van der Waals surface area contributed by atoms with Gasteiger partial charge in [-0.25, -0.2) is 0 Å². The maximum Gasteiger partial charge on any atom is 0.257 e. The number of hydrogen-bond donors (Lipinski definition) is 4. The van der Waals surface area contributed by atoms with Gasteiger partial charge in [-0.1, -0.05) is 50.0 Å². The van der Waals surface area contributed by atoms with Crippen LogP contribution in [0.5, 0.6) is 0 Å². The van der Waals surface area contributed by atoms with E-state index in [1.165, 1.54) is 0 Å². The summed E-state index contributed by atoms with van der Waals surface area (Å²) in [7, 11) is 0. The molecule has 0 aromatic heterocycles. The minimum Gasteiger partial charge on any atom is -0.361 e. The average Bonchev–Trinajstić information content (AvgIpc) is 2.79. The van der Waals surface area contributed by atoms with Crippen molar-refractivity contribution in [3.05, 3.63) is 99.3 Å². The number of carbonyl (C=O) groups excluding carboxylic acids is 2. The molecule has 2 aromatic carbocycles. The second-order valence-corrected chi connectivity index (χ2v) is 9.64. The molecule has 34 heavy (non-hydrogen) atoms. The highest BCUT2D eigenvalue weighted by Crippen LogP contribution is 2.20. The third-order valence-electron chi connectivity index (χ3n) is 4.96. The van der Waals surface area contributed by atoms with Crippen molar-refractivity contribution in [2.24, 2.45) is 5.41 Å². The van der Waals surface area contributed by atoms with E-state index in [1.54, 1.807) is 54.8 Å². The van der Waals surface area contributed by atoms with E-state index in [0.29, 0.717) is 32.6 Å². The molecule has 0 atom stereocenters. The molecule has 1 aliphatic carbocycles. The van der Waals surface area contributed by atoms with Gasteiger partial charge in [0.05, 0.1) is 16.3 Å². The van der Waals surface area contributed by atoms with E-state index in [-0.39, 0.29) is 18.4 Å². The summed E-state index contributed by atoms with van der Waals surface area (Å²) in [5.41, 5.74) is 2.78. The van der Waals surface area contributed by atoms with Gasteiger partial charge >= 0.3 is 0 Å². The van der Waals surface area contributed by atoms with E-state index in [4.69, 9.17) is 28.6 Å². The summed E-state index contributed by atoms with van der Waals surface area (Å²) >= 11 is 12.2. The predicted molar refractivity (Wildman–Crippen MR) is 138 cm³/mol. The number of halogens is 2. The monoisotopic (exact) mass is 496 g/mol. The first-order valence-electron chi connectivity index (χ1n) is 10.6. The molecule has 0 unspecified atom stereocenters. The summed E-state index contributed by atoms with van der Waals surface area (Å²) in [5, 5.41) is 17.9. The summed E-state index contributed by atoms with van der Waals surface area (Å²) < 4.78 is 0. The third-order valence-corrected chi connectivity index (χ3v) is 5.54. The van der Waals surface area contributed by atoms with Crippen molar-refractivity contribution in [3.63, 3.8) is 0 Å². The fourth-order valence-electron chi connectivity index (χ4n) is 2.97. The molecule has 0 aliphatic heterocycles. The van der Waals surface area contributed by atoms with E-state index < -0.39 is 5.41 Å². The molecule has 0 radical (unpaired) electrons. The zero-order valence-corrected chi connectivity index (χ0v) is 20.6. The van der Waals surface area contributed by atoms with Crippen molar-refractivity contribution >= 4 is 46.4 Å². The molecule has 0 heterocycles. The summed E-state index contributed by atoms with van der Waals surface area (Å²) in [4.78, 5) is 25.1. The Hall–Kier alpha value is -3.35. The molecule has 3 rings (SSSR count). The Morgan fingerprint density at radius 3 is 2.41 bits per heavy atom. The van der Waals surface area contributed by atoms with E-state index in [2.05, 4.69) is 16.0 Å². The Morgan fingerprint density at radius 1 is 1.03 bits per heavy atom. The van der Waals surface area contributed by atoms with Crippen molar-refractivity contribution < 1.29 is 9.59 Å². The van der Waals surface area contributed by atoms with Crippen LogP contribution in [0.15, 0.2) is 78.2 Å². The smallest absolute Gasteiger partial charge is 0.257 e. The molecule has 6 nitrogen and oxygen atoms in total. The van der Waals surface area contributed by atoms with Gasteiger partial charge in [0.1, 0.15) is 0 Å². The first kappa shape index (κ1) is 25.3. The van der Waals surface area contributed by atoms with E-state index in [1.807, 2.05) is 32.9 Å². The minimum absolute atomic E-state index is 0.0834. The highest BCUT2D eigenvalue weighted by atomic mass is 35.5. The van der Waals surface area contributed by atoms with Crippen LogP contribution in [-0.4, -0.2) is 17.5 Å². The van der Waals surface area contributed by atoms with Gasteiger partial charge in [0, 0.05) is 40.1 Å². The summed E-state index contributed by atoms with van der Waals surface area (Å²) in [6.07, 6.45) is 6.64. The van der Waals surface area contributed by atoms with Gasteiger partial charge in [0.15, 0.2) is 0 Å². The molecule has 2 aromatic rings. The van der Waals surface area contributed by atoms with Gasteiger partial charge in [-0.2, -0.15) is 0 Å². The molecule has 0 bridgehead atoms. The number of anilines is 1. The number of hydrogen-bond acceptors (Lipinski definition) is 4. The number of carbonyl (C=O) groups is 2. The Balaban J connectivity index is 1.71. The molecule has 8 heteroatoms. The molecule has 0 fully saturated rings. The van der Waals surface area contributed by atoms with Gasteiger partial charge < -0.3 is 21.4 Å². The van der Waals surface area contributed by atoms with E-state index >= 15 is 0 Å². The minimum atomic E-state index is -0.506. The zero-order valence-electron chi connectivity index (χ0n) is 19.1. The molecule has 176 valence electrons. The lowest BCUT2D eigenvalue weighted by Crippen LogP contribution is -2.34. The first-order chi connectivity index (χ1) is 16.0. The molecule has 0 spiro atoms. The van der Waals surface area contributed by atoms with Crippen LogP contribution in [0, 0.1) is 10.8 Å². The summed E-state index contributed by atoms with van der Waals surface area (Å²) in [6.45, 7) is 5.79. The van der Waals surface area contributed by atoms with Crippen molar-refractivity contribution in [1.82, 2.24) is 10.6 Å². The number of benzene rings is 2. The lowest BCUT2D eigenvalue weighted by atomic mass is 9.95. The number of allylic oxidation sites excluding steroid dienone is 4. The molecule has 4 N–H and O–H groups in total. The standard InChI is InChI=1S/C26H26Cl2N4O2/c1-26(2,3)25(34)31-14-16-4-10-22(28)21(12-16)24(33)32-20-9-11-23(29)17(13-20)15-30-19-7-5-18(27)6-8-19/h4-13,15,29-30H,14H2,1-3H3,(H,31,34)(H,32,33)/b17-15-,29-23?. The Kier molecular flexibility index (Phi) is 7.97. The number of rotatable bonds is 6. The Bertz CT molecular complexity index is 1210. The summed E-state index contributed by atoms with van der Waals surface area (Å²) in [6, 6.07) is 12.3. The highest BCUT2D eigenvalue weighted by Gasteiger charge is 2.21. The number of amides is 2. The third kappa shape index (κ3) is 6.83. The van der Waals surface area contributed by atoms with Crippen molar-refractivity contribution in [3.8, 4) is 0 Å². The number of nitrogens with one attached hydrogen (secondary N) is 4. The van der Waals surface area contributed by atoms with Crippen LogP contribution in [-0.2, 0) is 11.3 Å². The Labute approximate surface area is 209 Å². The van der Waals surface area contributed by atoms with Gasteiger partial charge in [0.2, 0.25) is 5.91 Å². The fraction of sp³-hybridized carbons (Fsp3) is 0.192. The van der Waals surface area contributed by atoms with Gasteiger partial charge in [-0.15, -0.1) is 0 Å². The van der Waals surface area contributed by atoms with Crippen LogP contribution >= 0.6 is 23.2 Å². The quantitative estimate of drug-likeness (QED) is 0.403. The topological polar surface area (TPSA) is 94.1 Å². The first-order valence-corrected chi connectivity index (χ1v) is 11.4. The average molecular weight is 497 g/mol. The van der Waals surface area contributed by atoms with Crippen LogP contribution in [0.4, 0.5) is 5.69 Å². The molecule has 0 saturated carbocycles. The van der Waals surface area contributed by atoms with Crippen LogP contribution in [0.2, 0.25) is 10.0 Å². The van der Waals surface area contributed by atoms with Gasteiger partial charge in [0.25, 0.3) is 5.91 Å². The maximum atomic E-state index is 12.9. The van der Waals surface area contributed by atoms with Crippen molar-refractivity contribution in [2.75, 3.05) is 5.32 Å². The normalized spacial score (nSPS) is 14.6. The summed E-state index contributed by atoms with van der Waals surface area (Å²) in [5.74, 6) is -0.469. The SMILES string of the molecule is CC(C)(C)C(=O)NCc1ccc(Cl)c(C(=O)NC2=C/C(=C/Nc3ccc(Cl)cc3)C(=N)C=C2)c1. The van der Waals surface area contributed by atoms with Crippen LogP contribution < -0.4 is 16.0 Å². The van der Waals surface area contributed by atoms with Crippen LogP contribution in [0.25, 0.3) is 0 Å². The van der Waals surface area contributed by atoms with Crippen LogP contribution in [0.3, 0.4) is 0 Å². The van der Waals surface area contributed by atoms with Crippen molar-refractivity contribution in [1.29, 1.82) is 5.41 Å². The fourth-order valence-corrected chi connectivity index (χ4v) is 3.30. The molecular formula is C26H26Cl2N4O2. The predicted octanol–water partition coefficient (Wildman–Crippen LogP) is 5.85. The Morgan fingerprint density at radius 2 is 1.74 bits per heavy atom. The second kappa shape index (κ2) is 10.7. The van der Waals surface area contributed by atoms with Crippen molar-refractivity contribution in [2.45, 2.75) is 27.3 Å². The molecule has 1 aliphatic rings. The van der Waals surface area contributed by atoms with E-state index in [0.717, 1.165) is 11.3 Å². The van der Waals surface area contributed by atoms with Crippen LogP contribution in [0.1, 0.15) is 36.7 Å². The highest BCUT2D eigenvalue weighted by molar-refractivity contribution is 6.34. The lowest BCUT2D eigenvalue weighted by Gasteiger charge is -2.18. The van der Waals surface area contributed by atoms with Gasteiger partial charge in [-0.05, 0) is 60.2 Å². The molecule has 0 saturated heterocycles. The molecular weight excluding hydrogens is 471 g/mol.